The number of hydrogen-bond donors (Lipinski definition) is 1. The summed E-state index contributed by atoms with van der Waals surface area (Å²) in [7, 11) is 7.36. The minimum atomic E-state index is 0.184. The van der Waals surface area contributed by atoms with Crippen LogP contribution in [-0.2, 0) is 6.54 Å². The highest BCUT2D eigenvalue weighted by Gasteiger charge is 2.17. The number of nitrogens with zero attached hydrogens (tertiary/aromatic N) is 1. The SMILES string of the molecule is COc1cc(Br)c(CNCC(c2ccco2)N(C)C)cc1OC. The first-order valence-electron chi connectivity index (χ1n) is 7.37. The first-order valence-corrected chi connectivity index (χ1v) is 8.17. The summed E-state index contributed by atoms with van der Waals surface area (Å²) in [5, 5.41) is 3.47. The molecule has 2 rings (SSSR count). The minimum Gasteiger partial charge on any atom is -0.493 e. The van der Waals surface area contributed by atoms with Crippen LogP contribution in [0.15, 0.2) is 39.4 Å². The normalized spacial score (nSPS) is 12.4. The van der Waals surface area contributed by atoms with Crippen LogP contribution in [0, 0.1) is 0 Å². The maximum atomic E-state index is 5.52. The molecule has 0 aliphatic heterocycles. The minimum absolute atomic E-state index is 0.184. The monoisotopic (exact) mass is 382 g/mol. The topological polar surface area (TPSA) is 46.9 Å². The third kappa shape index (κ3) is 4.50. The van der Waals surface area contributed by atoms with Crippen molar-refractivity contribution in [3.8, 4) is 11.5 Å². The summed E-state index contributed by atoms with van der Waals surface area (Å²) < 4.78 is 17.2. The van der Waals surface area contributed by atoms with Crippen molar-refractivity contribution in [1.29, 1.82) is 0 Å². The second kappa shape index (κ2) is 8.38. The Morgan fingerprint density at radius 2 is 1.91 bits per heavy atom. The number of ether oxygens (including phenoxy) is 2. The zero-order valence-electron chi connectivity index (χ0n) is 13.9. The molecule has 0 saturated heterocycles. The van der Waals surface area contributed by atoms with Crippen molar-refractivity contribution in [3.05, 3.63) is 46.3 Å². The van der Waals surface area contributed by atoms with Crippen LogP contribution in [0.3, 0.4) is 0 Å². The molecule has 1 aromatic heterocycles. The van der Waals surface area contributed by atoms with E-state index >= 15 is 0 Å². The van der Waals surface area contributed by atoms with E-state index in [2.05, 4.69) is 26.1 Å². The van der Waals surface area contributed by atoms with E-state index in [9.17, 15) is 0 Å². The molecule has 0 bridgehead atoms. The predicted molar refractivity (Wildman–Crippen MR) is 94.1 cm³/mol. The second-order valence-electron chi connectivity index (χ2n) is 5.42. The predicted octanol–water partition coefficient (Wildman–Crippen LogP) is 3.45. The average molecular weight is 383 g/mol. The van der Waals surface area contributed by atoms with Crippen molar-refractivity contribution < 1.29 is 13.9 Å². The third-order valence-electron chi connectivity index (χ3n) is 3.70. The molecule has 0 aliphatic carbocycles. The molecule has 0 saturated carbocycles. The highest BCUT2D eigenvalue weighted by Crippen LogP contribution is 2.33. The van der Waals surface area contributed by atoms with Crippen LogP contribution in [0.25, 0.3) is 0 Å². The molecule has 0 aliphatic rings. The molecule has 0 amide bonds. The van der Waals surface area contributed by atoms with E-state index < -0.39 is 0 Å². The molecule has 5 nitrogen and oxygen atoms in total. The van der Waals surface area contributed by atoms with Crippen molar-refractivity contribution in [2.45, 2.75) is 12.6 Å². The highest BCUT2D eigenvalue weighted by atomic mass is 79.9. The number of halogens is 1. The molecule has 126 valence electrons. The lowest BCUT2D eigenvalue weighted by Crippen LogP contribution is -2.30. The van der Waals surface area contributed by atoms with E-state index in [1.807, 2.05) is 38.4 Å². The standard InChI is InChI=1S/C17H23BrN2O3/c1-20(2)14(15-6-5-7-23-15)11-19-10-12-8-16(21-3)17(22-4)9-13(12)18/h5-9,14,19H,10-11H2,1-4H3. The Kier molecular flexibility index (Phi) is 6.50. The van der Waals surface area contributed by atoms with Crippen molar-refractivity contribution in [3.63, 3.8) is 0 Å². The van der Waals surface area contributed by atoms with E-state index in [4.69, 9.17) is 13.9 Å². The van der Waals surface area contributed by atoms with Crippen molar-refractivity contribution in [2.75, 3.05) is 34.9 Å². The summed E-state index contributed by atoms with van der Waals surface area (Å²) in [5.41, 5.74) is 1.11. The van der Waals surface area contributed by atoms with Gasteiger partial charge in [0.2, 0.25) is 0 Å². The van der Waals surface area contributed by atoms with Crippen LogP contribution in [0.5, 0.6) is 11.5 Å². The van der Waals surface area contributed by atoms with Gasteiger partial charge in [-0.05, 0) is 43.9 Å². The summed E-state index contributed by atoms with van der Waals surface area (Å²) >= 11 is 3.58. The van der Waals surface area contributed by atoms with Crippen LogP contribution in [-0.4, -0.2) is 39.8 Å². The van der Waals surface area contributed by atoms with Gasteiger partial charge in [-0.15, -0.1) is 0 Å². The molecule has 1 unspecified atom stereocenters. The summed E-state index contributed by atoms with van der Waals surface area (Å²) in [5.74, 6) is 2.39. The van der Waals surface area contributed by atoms with Crippen LogP contribution >= 0.6 is 15.9 Å². The van der Waals surface area contributed by atoms with Crippen molar-refractivity contribution in [1.82, 2.24) is 10.2 Å². The van der Waals surface area contributed by atoms with Gasteiger partial charge in [-0.2, -0.15) is 0 Å². The fraction of sp³-hybridized carbons (Fsp3) is 0.412. The summed E-state index contributed by atoms with van der Waals surface area (Å²) in [6.45, 7) is 1.49. The molecular formula is C17H23BrN2O3. The second-order valence-corrected chi connectivity index (χ2v) is 6.28. The Bertz CT molecular complexity index is 615. The van der Waals surface area contributed by atoms with Gasteiger partial charge < -0.3 is 19.2 Å². The number of benzene rings is 1. The van der Waals surface area contributed by atoms with E-state index in [0.717, 1.165) is 28.1 Å². The molecule has 23 heavy (non-hydrogen) atoms. The van der Waals surface area contributed by atoms with Gasteiger partial charge >= 0.3 is 0 Å². The Labute approximate surface area is 145 Å². The first kappa shape index (κ1) is 17.8. The molecule has 0 fully saturated rings. The number of nitrogens with one attached hydrogen (secondary N) is 1. The van der Waals surface area contributed by atoms with Gasteiger partial charge in [-0.1, -0.05) is 15.9 Å². The Morgan fingerprint density at radius 1 is 1.22 bits per heavy atom. The number of rotatable bonds is 8. The lowest BCUT2D eigenvalue weighted by atomic mass is 10.1. The third-order valence-corrected chi connectivity index (χ3v) is 4.44. The van der Waals surface area contributed by atoms with Gasteiger partial charge in [0.25, 0.3) is 0 Å². The fourth-order valence-corrected chi connectivity index (χ4v) is 2.86. The van der Waals surface area contributed by atoms with Crippen molar-refractivity contribution in [2.24, 2.45) is 0 Å². The largest absolute Gasteiger partial charge is 0.493 e. The fourth-order valence-electron chi connectivity index (χ4n) is 2.39. The van der Waals surface area contributed by atoms with Gasteiger partial charge in [0.1, 0.15) is 5.76 Å². The molecule has 6 heteroatoms. The lowest BCUT2D eigenvalue weighted by molar-refractivity contribution is 0.250. The molecule has 2 aromatic rings. The Hall–Kier alpha value is -1.50. The van der Waals surface area contributed by atoms with Crippen LogP contribution in [0.4, 0.5) is 0 Å². The molecule has 0 spiro atoms. The van der Waals surface area contributed by atoms with E-state index in [1.165, 1.54) is 0 Å². The molecule has 1 N–H and O–H groups in total. The van der Waals surface area contributed by atoms with E-state index in [1.54, 1.807) is 20.5 Å². The average Bonchev–Trinajstić information content (AvgIpc) is 3.05. The molecular weight excluding hydrogens is 360 g/mol. The van der Waals surface area contributed by atoms with Gasteiger partial charge in [0.05, 0.1) is 26.5 Å². The van der Waals surface area contributed by atoms with Crippen LogP contribution in [0.2, 0.25) is 0 Å². The number of methoxy groups -OCH3 is 2. The number of hydrogen-bond acceptors (Lipinski definition) is 5. The van der Waals surface area contributed by atoms with Gasteiger partial charge in [0, 0.05) is 17.6 Å². The summed E-state index contributed by atoms with van der Waals surface area (Å²) in [4.78, 5) is 2.13. The maximum absolute atomic E-state index is 5.52. The van der Waals surface area contributed by atoms with E-state index in [-0.39, 0.29) is 6.04 Å². The number of furan rings is 1. The van der Waals surface area contributed by atoms with Gasteiger partial charge in [0.15, 0.2) is 11.5 Å². The smallest absolute Gasteiger partial charge is 0.161 e. The molecule has 0 radical (unpaired) electrons. The molecule has 1 heterocycles. The lowest BCUT2D eigenvalue weighted by Gasteiger charge is -2.23. The zero-order valence-corrected chi connectivity index (χ0v) is 15.5. The van der Waals surface area contributed by atoms with E-state index in [0.29, 0.717) is 12.3 Å². The Morgan fingerprint density at radius 3 is 2.48 bits per heavy atom. The molecule has 1 atom stereocenters. The molecule has 1 aromatic carbocycles. The summed E-state index contributed by atoms with van der Waals surface area (Å²) in [6, 6.07) is 8.00. The zero-order chi connectivity index (χ0) is 16.8. The first-order chi connectivity index (χ1) is 11.1. The number of likely N-dealkylation sites (N-methyl/N-ethyl adjacent to an activating group) is 1. The summed E-state index contributed by atoms with van der Waals surface area (Å²) in [6.07, 6.45) is 1.71. The Balaban J connectivity index is 2.03. The van der Waals surface area contributed by atoms with Gasteiger partial charge in [-0.25, -0.2) is 0 Å². The van der Waals surface area contributed by atoms with Gasteiger partial charge in [-0.3, -0.25) is 4.90 Å². The van der Waals surface area contributed by atoms with Crippen LogP contribution < -0.4 is 14.8 Å². The maximum Gasteiger partial charge on any atom is 0.161 e. The van der Waals surface area contributed by atoms with Crippen LogP contribution in [0.1, 0.15) is 17.4 Å². The highest BCUT2D eigenvalue weighted by molar-refractivity contribution is 9.10. The van der Waals surface area contributed by atoms with Crippen molar-refractivity contribution >= 4 is 15.9 Å². The quantitative estimate of drug-likeness (QED) is 0.757.